The molecule has 0 unspecified atom stereocenters. The number of ether oxygens (including phenoxy) is 1. The van der Waals surface area contributed by atoms with Gasteiger partial charge in [0.15, 0.2) is 11.6 Å². The molecule has 0 radical (unpaired) electrons. The molecule has 0 aliphatic rings. The predicted octanol–water partition coefficient (Wildman–Crippen LogP) is 10.9. The lowest BCUT2D eigenvalue weighted by Gasteiger charge is -2.05. The highest BCUT2D eigenvalue weighted by Gasteiger charge is 2.12. The lowest BCUT2D eigenvalue weighted by atomic mass is 10.1. The van der Waals surface area contributed by atoms with Crippen molar-refractivity contribution < 1.29 is 17.9 Å². The molecule has 8 heteroatoms. The third-order valence-corrected chi connectivity index (χ3v) is 7.16. The summed E-state index contributed by atoms with van der Waals surface area (Å²) in [7, 11) is 0. The fourth-order valence-corrected chi connectivity index (χ4v) is 4.47. The van der Waals surface area contributed by atoms with Crippen LogP contribution in [0.3, 0.4) is 0 Å². The number of allylic oxidation sites excluding steroid dienone is 4. The maximum Gasteiger partial charge on any atom is 0.201 e. The van der Waals surface area contributed by atoms with Crippen LogP contribution in [0.25, 0.3) is 0 Å². The van der Waals surface area contributed by atoms with Gasteiger partial charge in [-0.15, -0.1) is 0 Å². The fraction of sp³-hybridized carbons (Fsp3) is 0.238. The summed E-state index contributed by atoms with van der Waals surface area (Å²) in [5.74, 6) is -2.38. The average Bonchev–Trinajstić information content (AvgIpc) is 3.14. The van der Waals surface area contributed by atoms with E-state index in [9.17, 15) is 13.2 Å². The first-order chi connectivity index (χ1) is 24.4. The summed E-state index contributed by atoms with van der Waals surface area (Å²) in [6.45, 7) is 6.23. The monoisotopic (exact) mass is 678 g/mol. The second-order valence-electron chi connectivity index (χ2n) is 11.1. The van der Waals surface area contributed by atoms with Gasteiger partial charge in [-0.2, -0.15) is 24.8 Å². The second kappa shape index (κ2) is 23.1. The van der Waals surface area contributed by atoms with E-state index in [0.717, 1.165) is 55.2 Å². The molecule has 50 heavy (non-hydrogen) atoms. The van der Waals surface area contributed by atoms with Crippen LogP contribution in [0, 0.1) is 17.5 Å². The molecule has 0 amide bonds. The summed E-state index contributed by atoms with van der Waals surface area (Å²) in [5, 5.41) is 15.7. The molecule has 0 heterocycles. The zero-order chi connectivity index (χ0) is 35.8. The van der Waals surface area contributed by atoms with E-state index in [1.54, 1.807) is 37.7 Å². The van der Waals surface area contributed by atoms with E-state index in [2.05, 4.69) is 70.7 Å². The number of halogens is 3. The molecule has 4 rings (SSSR count). The SMILES string of the molecule is CC/C=C/CCc1ccc(/C=N/N=C/c2ccc(F)cc2)cc1.CC/C=C/CCc1ccc(/C=N/N=C\c2ccc(OCC)c(F)c2F)cc1. The van der Waals surface area contributed by atoms with Crippen molar-refractivity contribution in [3.05, 3.63) is 160 Å². The van der Waals surface area contributed by atoms with Gasteiger partial charge in [0.2, 0.25) is 5.82 Å². The van der Waals surface area contributed by atoms with Crippen LogP contribution in [0.2, 0.25) is 0 Å². The van der Waals surface area contributed by atoms with Gasteiger partial charge in [-0.05, 0) is 97.5 Å². The van der Waals surface area contributed by atoms with Gasteiger partial charge in [0, 0.05) is 5.56 Å². The number of benzene rings is 4. The fourth-order valence-electron chi connectivity index (χ4n) is 4.47. The van der Waals surface area contributed by atoms with Crippen molar-refractivity contribution >= 4 is 24.9 Å². The van der Waals surface area contributed by atoms with Gasteiger partial charge in [0.25, 0.3) is 0 Å². The van der Waals surface area contributed by atoms with Crippen molar-refractivity contribution in [3.63, 3.8) is 0 Å². The maximum absolute atomic E-state index is 13.9. The van der Waals surface area contributed by atoms with Gasteiger partial charge < -0.3 is 4.74 Å². The Bertz CT molecular complexity index is 1740. The average molecular weight is 679 g/mol. The highest BCUT2D eigenvalue weighted by molar-refractivity contribution is 5.83. The van der Waals surface area contributed by atoms with Crippen molar-refractivity contribution in [1.29, 1.82) is 0 Å². The highest BCUT2D eigenvalue weighted by atomic mass is 19.2. The Morgan fingerprint density at radius 1 is 0.500 bits per heavy atom. The maximum atomic E-state index is 13.9. The van der Waals surface area contributed by atoms with Crippen LogP contribution in [0.4, 0.5) is 13.2 Å². The molecular weight excluding hydrogens is 633 g/mol. The molecule has 0 aliphatic heterocycles. The Morgan fingerprint density at radius 2 is 0.940 bits per heavy atom. The van der Waals surface area contributed by atoms with Crippen LogP contribution < -0.4 is 4.74 Å². The highest BCUT2D eigenvalue weighted by Crippen LogP contribution is 2.22. The summed E-state index contributed by atoms with van der Waals surface area (Å²) in [4.78, 5) is 0. The molecule has 0 spiro atoms. The summed E-state index contributed by atoms with van der Waals surface area (Å²) in [6.07, 6.45) is 21.1. The van der Waals surface area contributed by atoms with E-state index in [1.807, 2.05) is 36.4 Å². The Hall–Kier alpha value is -5.37. The lowest BCUT2D eigenvalue weighted by molar-refractivity contribution is 0.314. The summed E-state index contributed by atoms with van der Waals surface area (Å²) in [5.41, 5.74) is 5.30. The molecule has 0 fully saturated rings. The third kappa shape index (κ3) is 14.8. The summed E-state index contributed by atoms with van der Waals surface area (Å²) < 4.78 is 45.5. The second-order valence-corrected chi connectivity index (χ2v) is 11.1. The smallest absolute Gasteiger partial charge is 0.201 e. The quantitative estimate of drug-likeness (QED) is 0.0661. The molecule has 4 aromatic carbocycles. The summed E-state index contributed by atoms with van der Waals surface area (Å²) in [6, 6.07) is 25.2. The number of hydrogen-bond donors (Lipinski definition) is 0. The van der Waals surface area contributed by atoms with E-state index in [-0.39, 0.29) is 23.7 Å². The minimum absolute atomic E-state index is 0.0172. The van der Waals surface area contributed by atoms with Gasteiger partial charge in [0.05, 0.1) is 31.5 Å². The molecule has 0 aromatic heterocycles. The first-order valence-corrected chi connectivity index (χ1v) is 16.9. The van der Waals surface area contributed by atoms with E-state index in [0.29, 0.717) is 0 Å². The third-order valence-electron chi connectivity index (χ3n) is 7.16. The van der Waals surface area contributed by atoms with Crippen LogP contribution in [0.1, 0.15) is 79.8 Å². The van der Waals surface area contributed by atoms with Gasteiger partial charge in [0.1, 0.15) is 5.82 Å². The minimum Gasteiger partial charge on any atom is -0.491 e. The molecule has 0 N–H and O–H groups in total. The zero-order valence-electron chi connectivity index (χ0n) is 29.0. The first-order valence-electron chi connectivity index (χ1n) is 16.9. The van der Waals surface area contributed by atoms with E-state index in [1.165, 1.54) is 41.6 Å². The van der Waals surface area contributed by atoms with Crippen LogP contribution in [-0.2, 0) is 12.8 Å². The molecular formula is C42H45F3N4O. The first kappa shape index (κ1) is 39.1. The van der Waals surface area contributed by atoms with Crippen LogP contribution >= 0.6 is 0 Å². The molecule has 0 aliphatic carbocycles. The minimum atomic E-state index is -1.02. The van der Waals surface area contributed by atoms with Crippen molar-refractivity contribution in [2.75, 3.05) is 6.61 Å². The Balaban J connectivity index is 0.000000274. The lowest BCUT2D eigenvalue weighted by Crippen LogP contribution is -2.00. The van der Waals surface area contributed by atoms with Crippen LogP contribution in [-0.4, -0.2) is 31.5 Å². The molecule has 0 saturated carbocycles. The van der Waals surface area contributed by atoms with Crippen LogP contribution in [0.5, 0.6) is 5.75 Å². The molecule has 4 aromatic rings. The molecule has 0 atom stereocenters. The number of hydrogen-bond acceptors (Lipinski definition) is 5. The standard InChI is InChI=1S/C22H24F2N2O.C20H21FN2/c1-3-5-6-7-8-17-9-11-18(12-10-17)15-25-26-16-19-13-14-20(27-4-2)22(24)21(19)23;1-2-3-4-5-6-17-7-9-18(10-8-17)15-22-23-16-19-11-13-20(21)14-12-19/h5-6,9-16H,3-4,7-8H2,1-2H3;3-4,7-16H,2,5-6H2,1H3/b6-5+,25-15+,26-16-;4-3+,22-15+,23-16+. The van der Waals surface area contributed by atoms with Crippen molar-refractivity contribution in [2.24, 2.45) is 20.4 Å². The van der Waals surface area contributed by atoms with E-state index >= 15 is 0 Å². The number of rotatable bonds is 16. The van der Waals surface area contributed by atoms with E-state index < -0.39 is 11.6 Å². The Labute approximate surface area is 294 Å². The zero-order valence-corrected chi connectivity index (χ0v) is 29.0. The normalized spacial score (nSPS) is 11.9. The summed E-state index contributed by atoms with van der Waals surface area (Å²) >= 11 is 0. The van der Waals surface area contributed by atoms with Crippen molar-refractivity contribution in [1.82, 2.24) is 0 Å². The topological polar surface area (TPSA) is 58.7 Å². The van der Waals surface area contributed by atoms with Gasteiger partial charge in [-0.1, -0.05) is 98.8 Å². The Kier molecular flexibility index (Phi) is 18.0. The molecule has 260 valence electrons. The van der Waals surface area contributed by atoms with Gasteiger partial charge >= 0.3 is 0 Å². The van der Waals surface area contributed by atoms with Crippen molar-refractivity contribution in [2.45, 2.75) is 59.3 Å². The van der Waals surface area contributed by atoms with Crippen LogP contribution in [0.15, 0.2) is 130 Å². The largest absolute Gasteiger partial charge is 0.491 e. The van der Waals surface area contributed by atoms with Gasteiger partial charge in [-0.25, -0.2) is 8.78 Å². The van der Waals surface area contributed by atoms with Crippen molar-refractivity contribution in [3.8, 4) is 5.75 Å². The predicted molar refractivity (Wildman–Crippen MR) is 203 cm³/mol. The Morgan fingerprint density at radius 3 is 1.38 bits per heavy atom. The number of nitrogens with zero attached hydrogens (tertiary/aromatic N) is 4. The van der Waals surface area contributed by atoms with E-state index in [4.69, 9.17) is 4.74 Å². The molecule has 0 bridgehead atoms. The molecule has 5 nitrogen and oxygen atoms in total. The van der Waals surface area contributed by atoms with Gasteiger partial charge in [-0.3, -0.25) is 0 Å². The molecule has 0 saturated heterocycles. The number of aryl methyl sites for hydroxylation is 2.